The Morgan fingerprint density at radius 1 is 1.32 bits per heavy atom. The molecule has 0 aliphatic heterocycles. The molecule has 1 heterocycles. The van der Waals surface area contributed by atoms with Crippen LogP contribution in [0, 0.1) is 6.92 Å². The van der Waals surface area contributed by atoms with Crippen molar-refractivity contribution in [1.82, 2.24) is 10.3 Å². The minimum atomic E-state index is -0.390. The lowest BCUT2D eigenvalue weighted by molar-refractivity contribution is 0.153. The number of thiazole rings is 1. The molecule has 2 rings (SSSR count). The average Bonchev–Trinajstić information content (AvgIpc) is 2.88. The number of aliphatic hydroxyl groups is 1. The fourth-order valence-corrected chi connectivity index (χ4v) is 2.81. The van der Waals surface area contributed by atoms with Crippen LogP contribution in [0.2, 0.25) is 0 Å². The molecule has 0 amide bonds. The van der Waals surface area contributed by atoms with Crippen molar-refractivity contribution in [3.63, 3.8) is 0 Å². The number of aryl methyl sites for hydroxylation is 1. The van der Waals surface area contributed by atoms with Crippen molar-refractivity contribution in [2.45, 2.75) is 32.4 Å². The van der Waals surface area contributed by atoms with E-state index < -0.39 is 5.54 Å². The average molecular weight is 276 g/mol. The van der Waals surface area contributed by atoms with Gasteiger partial charge in [0, 0.05) is 11.9 Å². The summed E-state index contributed by atoms with van der Waals surface area (Å²) in [6, 6.07) is 10.1. The SMILES string of the molecule is CC[C@](CO)(NCc1csc(C)n1)c1ccccc1. The number of aliphatic hydroxyl groups excluding tert-OH is 1. The summed E-state index contributed by atoms with van der Waals surface area (Å²) in [6.45, 7) is 4.84. The lowest BCUT2D eigenvalue weighted by Gasteiger charge is -2.32. The quantitative estimate of drug-likeness (QED) is 0.853. The second-order valence-corrected chi connectivity index (χ2v) is 5.73. The lowest BCUT2D eigenvalue weighted by atomic mass is 9.88. The van der Waals surface area contributed by atoms with Crippen LogP contribution in [0.15, 0.2) is 35.7 Å². The molecule has 0 aliphatic carbocycles. The molecule has 0 aliphatic rings. The first-order valence-electron chi connectivity index (χ1n) is 6.52. The Bertz CT molecular complexity index is 506. The van der Waals surface area contributed by atoms with E-state index in [1.54, 1.807) is 11.3 Å². The van der Waals surface area contributed by atoms with E-state index in [1.165, 1.54) is 0 Å². The van der Waals surface area contributed by atoms with Crippen LogP contribution in [-0.4, -0.2) is 16.7 Å². The van der Waals surface area contributed by atoms with Crippen LogP contribution in [-0.2, 0) is 12.1 Å². The number of hydrogen-bond acceptors (Lipinski definition) is 4. The number of aromatic nitrogens is 1. The van der Waals surface area contributed by atoms with Gasteiger partial charge in [0.15, 0.2) is 0 Å². The molecule has 3 nitrogen and oxygen atoms in total. The van der Waals surface area contributed by atoms with E-state index in [0.29, 0.717) is 6.54 Å². The number of rotatable bonds is 6. The lowest BCUT2D eigenvalue weighted by Crippen LogP contribution is -2.44. The normalized spacial score (nSPS) is 14.3. The van der Waals surface area contributed by atoms with E-state index in [1.807, 2.05) is 25.1 Å². The largest absolute Gasteiger partial charge is 0.394 e. The highest BCUT2D eigenvalue weighted by Gasteiger charge is 2.28. The van der Waals surface area contributed by atoms with Crippen molar-refractivity contribution in [3.8, 4) is 0 Å². The molecule has 2 aromatic rings. The van der Waals surface area contributed by atoms with E-state index >= 15 is 0 Å². The van der Waals surface area contributed by atoms with E-state index in [-0.39, 0.29) is 6.61 Å². The Kier molecular flexibility index (Phi) is 4.69. The number of nitrogens with zero attached hydrogens (tertiary/aromatic N) is 1. The van der Waals surface area contributed by atoms with Crippen LogP contribution in [0.3, 0.4) is 0 Å². The molecule has 0 radical (unpaired) electrons. The molecule has 0 saturated carbocycles. The monoisotopic (exact) mass is 276 g/mol. The van der Waals surface area contributed by atoms with Gasteiger partial charge in [-0.05, 0) is 18.9 Å². The summed E-state index contributed by atoms with van der Waals surface area (Å²) in [5, 5.41) is 16.4. The Hall–Kier alpha value is -1.23. The van der Waals surface area contributed by atoms with Crippen LogP contribution >= 0.6 is 11.3 Å². The van der Waals surface area contributed by atoms with Crippen LogP contribution in [0.5, 0.6) is 0 Å². The molecule has 0 saturated heterocycles. The highest BCUT2D eigenvalue weighted by molar-refractivity contribution is 7.09. The van der Waals surface area contributed by atoms with Crippen molar-refractivity contribution >= 4 is 11.3 Å². The molecule has 0 bridgehead atoms. The second-order valence-electron chi connectivity index (χ2n) is 4.67. The van der Waals surface area contributed by atoms with Gasteiger partial charge in [-0.15, -0.1) is 11.3 Å². The fraction of sp³-hybridized carbons (Fsp3) is 0.400. The van der Waals surface area contributed by atoms with Crippen molar-refractivity contribution in [1.29, 1.82) is 0 Å². The van der Waals surface area contributed by atoms with Crippen molar-refractivity contribution in [2.75, 3.05) is 6.61 Å². The third kappa shape index (κ3) is 3.21. The van der Waals surface area contributed by atoms with Gasteiger partial charge in [-0.1, -0.05) is 37.3 Å². The van der Waals surface area contributed by atoms with Crippen molar-refractivity contribution < 1.29 is 5.11 Å². The molecule has 1 atom stereocenters. The van der Waals surface area contributed by atoms with Crippen LogP contribution in [0.25, 0.3) is 0 Å². The molecule has 4 heteroatoms. The van der Waals surface area contributed by atoms with E-state index in [4.69, 9.17) is 0 Å². The van der Waals surface area contributed by atoms with Gasteiger partial charge in [0.2, 0.25) is 0 Å². The zero-order chi connectivity index (χ0) is 13.7. The Balaban J connectivity index is 2.16. The zero-order valence-corrected chi connectivity index (χ0v) is 12.2. The molecule has 102 valence electrons. The van der Waals surface area contributed by atoms with Gasteiger partial charge >= 0.3 is 0 Å². The summed E-state index contributed by atoms with van der Waals surface area (Å²) in [5.74, 6) is 0. The third-order valence-corrected chi connectivity index (χ3v) is 4.30. The maximum Gasteiger partial charge on any atom is 0.0897 e. The number of hydrogen-bond donors (Lipinski definition) is 2. The molecule has 1 aromatic carbocycles. The summed E-state index contributed by atoms with van der Waals surface area (Å²) < 4.78 is 0. The van der Waals surface area contributed by atoms with E-state index in [0.717, 1.165) is 22.7 Å². The van der Waals surface area contributed by atoms with Gasteiger partial charge in [-0.25, -0.2) is 4.98 Å². The Morgan fingerprint density at radius 2 is 2.05 bits per heavy atom. The molecule has 0 spiro atoms. The molecular weight excluding hydrogens is 256 g/mol. The summed E-state index contributed by atoms with van der Waals surface area (Å²) in [6.07, 6.45) is 0.830. The standard InChI is InChI=1S/C15H20N2OS/c1-3-15(11-18,13-7-5-4-6-8-13)16-9-14-10-19-12(2)17-14/h4-8,10,16,18H,3,9,11H2,1-2H3/t15-/m1/s1. The van der Waals surface area contributed by atoms with Crippen LogP contribution in [0.4, 0.5) is 0 Å². The van der Waals surface area contributed by atoms with Gasteiger partial charge in [-0.2, -0.15) is 0 Å². The highest BCUT2D eigenvalue weighted by Crippen LogP contribution is 2.25. The number of nitrogens with one attached hydrogen (secondary N) is 1. The zero-order valence-electron chi connectivity index (χ0n) is 11.4. The van der Waals surface area contributed by atoms with Gasteiger partial charge < -0.3 is 5.11 Å². The van der Waals surface area contributed by atoms with Gasteiger partial charge in [0.05, 0.1) is 22.8 Å². The second kappa shape index (κ2) is 6.28. The molecular formula is C15H20N2OS. The topological polar surface area (TPSA) is 45.1 Å². The first-order valence-corrected chi connectivity index (χ1v) is 7.40. The summed E-state index contributed by atoms with van der Waals surface area (Å²) in [7, 11) is 0. The molecule has 0 fully saturated rings. The van der Waals surface area contributed by atoms with Gasteiger partial charge in [-0.3, -0.25) is 5.32 Å². The first kappa shape index (κ1) is 14.2. The van der Waals surface area contributed by atoms with Crippen LogP contribution in [0.1, 0.15) is 29.6 Å². The summed E-state index contributed by atoms with van der Waals surface area (Å²) >= 11 is 1.65. The van der Waals surface area contributed by atoms with E-state index in [9.17, 15) is 5.11 Å². The van der Waals surface area contributed by atoms with E-state index in [2.05, 4.69) is 34.7 Å². The predicted octanol–water partition coefficient (Wildman–Crippen LogP) is 2.84. The fourth-order valence-electron chi connectivity index (χ4n) is 2.20. The minimum Gasteiger partial charge on any atom is -0.394 e. The first-order chi connectivity index (χ1) is 9.20. The highest BCUT2D eigenvalue weighted by atomic mass is 32.1. The van der Waals surface area contributed by atoms with Gasteiger partial charge in [0.1, 0.15) is 0 Å². The number of benzene rings is 1. The summed E-state index contributed by atoms with van der Waals surface area (Å²) in [5.41, 5.74) is 1.76. The minimum absolute atomic E-state index is 0.0800. The molecule has 19 heavy (non-hydrogen) atoms. The maximum absolute atomic E-state index is 9.83. The molecule has 0 unspecified atom stereocenters. The Labute approximate surface area is 118 Å². The maximum atomic E-state index is 9.83. The molecule has 1 aromatic heterocycles. The Morgan fingerprint density at radius 3 is 2.58 bits per heavy atom. The van der Waals surface area contributed by atoms with Gasteiger partial charge in [0.25, 0.3) is 0 Å². The molecule has 2 N–H and O–H groups in total. The summed E-state index contributed by atoms with van der Waals surface area (Å²) in [4.78, 5) is 4.45. The predicted molar refractivity (Wildman–Crippen MR) is 79.2 cm³/mol. The van der Waals surface area contributed by atoms with Crippen molar-refractivity contribution in [2.24, 2.45) is 0 Å². The van der Waals surface area contributed by atoms with Crippen molar-refractivity contribution in [3.05, 3.63) is 52.0 Å². The van der Waals surface area contributed by atoms with Crippen LogP contribution < -0.4 is 5.32 Å². The smallest absolute Gasteiger partial charge is 0.0897 e. The third-order valence-electron chi connectivity index (χ3n) is 3.47.